The molecule has 0 amide bonds. The second-order valence-electron chi connectivity index (χ2n) is 3.44. The van der Waals surface area contributed by atoms with Crippen molar-refractivity contribution in [2.45, 2.75) is 44.7 Å². The molecule has 1 aromatic rings. The van der Waals surface area contributed by atoms with Crippen molar-refractivity contribution in [2.75, 3.05) is 0 Å². The van der Waals surface area contributed by atoms with Crippen LogP contribution < -0.4 is 5.14 Å². The van der Waals surface area contributed by atoms with Crippen LogP contribution >= 0.6 is 0 Å². The van der Waals surface area contributed by atoms with Crippen LogP contribution in [0.1, 0.15) is 32.5 Å². The molecule has 6 heteroatoms. The molecule has 0 aliphatic heterocycles. The second-order valence-corrected chi connectivity index (χ2v) is 4.95. The summed E-state index contributed by atoms with van der Waals surface area (Å²) in [5.74, 6) is 0.771. The number of hydrogen-bond donors (Lipinski definition) is 1. The number of nitrogens with two attached hydrogens (primary N) is 1. The summed E-state index contributed by atoms with van der Waals surface area (Å²) >= 11 is 0. The molecule has 0 unspecified atom stereocenters. The number of rotatable bonds is 5. The Hall–Kier alpha value is -0.880. The molecule has 86 valence electrons. The van der Waals surface area contributed by atoms with Crippen LogP contribution in [0.5, 0.6) is 0 Å². The molecule has 2 N–H and O–H groups in total. The average Bonchev–Trinajstić information content (AvgIpc) is 2.57. The highest BCUT2D eigenvalue weighted by Gasteiger charge is 2.14. The number of primary sulfonamides is 1. The Labute approximate surface area is 90.4 Å². The molecular weight excluding hydrogens is 214 g/mol. The molecule has 0 aromatic carbocycles. The summed E-state index contributed by atoms with van der Waals surface area (Å²) < 4.78 is 24.0. The van der Waals surface area contributed by atoms with Gasteiger partial charge >= 0.3 is 0 Å². The SMILES string of the molecule is CCCCn1cc(S(N)(=O)=O)nc1CC. The Morgan fingerprint density at radius 3 is 2.60 bits per heavy atom. The molecule has 0 radical (unpaired) electrons. The maximum Gasteiger partial charge on any atom is 0.257 e. The van der Waals surface area contributed by atoms with Crippen LogP contribution in [-0.4, -0.2) is 18.0 Å². The predicted octanol–water partition coefficient (Wildman–Crippen LogP) is 0.893. The molecule has 1 heterocycles. The van der Waals surface area contributed by atoms with Crippen molar-refractivity contribution in [3.05, 3.63) is 12.0 Å². The van der Waals surface area contributed by atoms with E-state index in [4.69, 9.17) is 5.14 Å². The lowest BCUT2D eigenvalue weighted by Gasteiger charge is -2.03. The molecule has 0 saturated carbocycles. The van der Waals surface area contributed by atoms with Crippen molar-refractivity contribution >= 4 is 10.0 Å². The van der Waals surface area contributed by atoms with E-state index in [1.54, 1.807) is 0 Å². The van der Waals surface area contributed by atoms with Crippen LogP contribution in [0.3, 0.4) is 0 Å². The number of imidazole rings is 1. The normalized spacial score (nSPS) is 11.9. The molecule has 0 aliphatic rings. The van der Waals surface area contributed by atoms with Gasteiger partial charge in [0.1, 0.15) is 5.82 Å². The Kier molecular flexibility index (Phi) is 3.87. The summed E-state index contributed by atoms with van der Waals surface area (Å²) in [5.41, 5.74) is 0. The van der Waals surface area contributed by atoms with Crippen molar-refractivity contribution in [3.8, 4) is 0 Å². The van der Waals surface area contributed by atoms with Crippen LogP contribution in [0, 0.1) is 0 Å². The van der Waals surface area contributed by atoms with E-state index in [9.17, 15) is 8.42 Å². The van der Waals surface area contributed by atoms with Gasteiger partial charge in [-0.3, -0.25) is 0 Å². The number of sulfonamides is 1. The first-order valence-corrected chi connectivity index (χ1v) is 6.62. The molecule has 0 spiro atoms. The summed E-state index contributed by atoms with van der Waals surface area (Å²) in [7, 11) is -3.67. The van der Waals surface area contributed by atoms with E-state index in [0.717, 1.165) is 25.2 Å². The van der Waals surface area contributed by atoms with E-state index in [2.05, 4.69) is 11.9 Å². The Bertz CT molecular complexity index is 423. The van der Waals surface area contributed by atoms with E-state index in [1.807, 2.05) is 11.5 Å². The molecule has 0 bridgehead atoms. The number of aryl methyl sites for hydroxylation is 2. The predicted molar refractivity (Wildman–Crippen MR) is 57.9 cm³/mol. The zero-order valence-electron chi connectivity index (χ0n) is 9.10. The van der Waals surface area contributed by atoms with Crippen LogP contribution in [0.4, 0.5) is 0 Å². The van der Waals surface area contributed by atoms with E-state index >= 15 is 0 Å². The van der Waals surface area contributed by atoms with Crippen LogP contribution in [0.25, 0.3) is 0 Å². The standard InChI is InChI=1S/C9H17N3O2S/c1-3-5-6-12-7-9(15(10,13)14)11-8(12)4-2/h7H,3-6H2,1-2H3,(H2,10,13,14). The lowest BCUT2D eigenvalue weighted by molar-refractivity contribution is 0.593. The Balaban J connectivity index is 3.01. The third kappa shape index (κ3) is 3.04. The number of hydrogen-bond acceptors (Lipinski definition) is 3. The van der Waals surface area contributed by atoms with Crippen molar-refractivity contribution in [1.82, 2.24) is 9.55 Å². The first-order valence-electron chi connectivity index (χ1n) is 5.07. The van der Waals surface area contributed by atoms with Crippen molar-refractivity contribution in [2.24, 2.45) is 5.14 Å². The van der Waals surface area contributed by atoms with Gasteiger partial charge in [-0.1, -0.05) is 20.3 Å². The summed E-state index contributed by atoms with van der Waals surface area (Å²) in [6.07, 6.45) is 4.29. The average molecular weight is 231 g/mol. The third-order valence-electron chi connectivity index (χ3n) is 2.20. The molecule has 0 aliphatic carbocycles. The smallest absolute Gasteiger partial charge is 0.257 e. The van der Waals surface area contributed by atoms with Crippen molar-refractivity contribution in [3.63, 3.8) is 0 Å². The minimum absolute atomic E-state index is 0.0320. The highest BCUT2D eigenvalue weighted by Crippen LogP contribution is 2.09. The fraction of sp³-hybridized carbons (Fsp3) is 0.667. The van der Waals surface area contributed by atoms with Crippen LogP contribution in [0.2, 0.25) is 0 Å². The molecular formula is C9H17N3O2S. The number of nitrogens with zero attached hydrogens (tertiary/aromatic N) is 2. The molecule has 0 fully saturated rings. The first kappa shape index (κ1) is 12.2. The molecule has 1 aromatic heterocycles. The third-order valence-corrected chi connectivity index (χ3v) is 2.98. The lowest BCUT2D eigenvalue weighted by atomic mass is 10.3. The van der Waals surface area contributed by atoms with Gasteiger partial charge in [-0.15, -0.1) is 0 Å². The summed E-state index contributed by atoms with van der Waals surface area (Å²) in [4.78, 5) is 4.00. The van der Waals surface area contributed by atoms with Crippen molar-refractivity contribution in [1.29, 1.82) is 0 Å². The van der Waals surface area contributed by atoms with Gasteiger partial charge in [-0.25, -0.2) is 18.5 Å². The van der Waals surface area contributed by atoms with Gasteiger partial charge in [0.25, 0.3) is 10.0 Å². The molecule has 5 nitrogen and oxygen atoms in total. The minimum atomic E-state index is -3.67. The quantitative estimate of drug-likeness (QED) is 0.817. The Morgan fingerprint density at radius 2 is 2.13 bits per heavy atom. The van der Waals surface area contributed by atoms with E-state index < -0.39 is 10.0 Å². The van der Waals surface area contributed by atoms with Gasteiger partial charge < -0.3 is 4.57 Å². The van der Waals surface area contributed by atoms with E-state index in [-0.39, 0.29) is 5.03 Å². The Morgan fingerprint density at radius 1 is 1.47 bits per heavy atom. The maximum atomic E-state index is 11.1. The van der Waals surface area contributed by atoms with E-state index in [1.165, 1.54) is 6.20 Å². The summed E-state index contributed by atoms with van der Waals surface area (Å²) in [6.45, 7) is 4.82. The largest absolute Gasteiger partial charge is 0.333 e. The second kappa shape index (κ2) is 4.76. The lowest BCUT2D eigenvalue weighted by Crippen LogP contribution is -2.12. The zero-order valence-corrected chi connectivity index (χ0v) is 9.92. The van der Waals surface area contributed by atoms with Gasteiger partial charge in [0.05, 0.1) is 0 Å². The van der Waals surface area contributed by atoms with Gasteiger partial charge in [-0.2, -0.15) is 0 Å². The summed E-state index contributed by atoms with van der Waals surface area (Å²) in [5, 5.41) is 4.99. The van der Waals surface area contributed by atoms with Gasteiger partial charge in [0, 0.05) is 19.2 Å². The first-order chi connectivity index (χ1) is 6.99. The van der Waals surface area contributed by atoms with Gasteiger partial charge in [-0.05, 0) is 6.42 Å². The fourth-order valence-electron chi connectivity index (χ4n) is 1.37. The molecule has 0 atom stereocenters. The highest BCUT2D eigenvalue weighted by molar-refractivity contribution is 7.89. The van der Waals surface area contributed by atoms with Gasteiger partial charge in [0.15, 0.2) is 5.03 Å². The topological polar surface area (TPSA) is 78.0 Å². The maximum absolute atomic E-state index is 11.1. The monoisotopic (exact) mass is 231 g/mol. The highest BCUT2D eigenvalue weighted by atomic mass is 32.2. The van der Waals surface area contributed by atoms with E-state index in [0.29, 0.717) is 6.42 Å². The number of aromatic nitrogens is 2. The fourth-order valence-corrected chi connectivity index (χ4v) is 1.88. The van der Waals surface area contributed by atoms with Crippen LogP contribution in [0.15, 0.2) is 11.2 Å². The molecule has 15 heavy (non-hydrogen) atoms. The minimum Gasteiger partial charge on any atom is -0.333 e. The number of unbranched alkanes of at least 4 members (excludes halogenated alkanes) is 1. The van der Waals surface area contributed by atoms with Crippen molar-refractivity contribution < 1.29 is 8.42 Å². The summed E-state index contributed by atoms with van der Waals surface area (Å²) in [6, 6.07) is 0. The van der Waals surface area contributed by atoms with Crippen LogP contribution in [-0.2, 0) is 23.0 Å². The zero-order chi connectivity index (χ0) is 11.5. The molecule has 0 saturated heterocycles. The molecule has 1 rings (SSSR count). The van der Waals surface area contributed by atoms with Gasteiger partial charge in [0.2, 0.25) is 0 Å².